The maximum atomic E-state index is 13.1. The predicted molar refractivity (Wildman–Crippen MR) is 90.2 cm³/mol. The molecule has 0 radical (unpaired) electrons. The number of fused-ring (bicyclic) bond motifs is 2. The van der Waals surface area contributed by atoms with E-state index in [-0.39, 0.29) is 10.8 Å². The Hall–Kier alpha value is -2.15. The van der Waals surface area contributed by atoms with Gasteiger partial charge in [-0.2, -0.15) is 0 Å². The van der Waals surface area contributed by atoms with Crippen molar-refractivity contribution >= 4 is 16.9 Å². The molecule has 1 heteroatoms. The van der Waals surface area contributed by atoms with Gasteiger partial charge in [0, 0.05) is 0 Å². The molecule has 0 N–H and O–H groups in total. The Balaban J connectivity index is 2.06. The maximum absolute atomic E-state index is 13.1. The fourth-order valence-corrected chi connectivity index (χ4v) is 4.50. The summed E-state index contributed by atoms with van der Waals surface area (Å²) in [6, 6.07) is 20.9. The number of hydrogen-bond donors (Lipinski definition) is 0. The number of allylic oxidation sites excluding steroid dienone is 2. The van der Waals surface area contributed by atoms with Crippen LogP contribution in [0.2, 0.25) is 0 Å². The van der Waals surface area contributed by atoms with Gasteiger partial charge in [0.2, 0.25) is 0 Å². The van der Waals surface area contributed by atoms with Gasteiger partial charge >= 0.3 is 0 Å². The molecule has 2 aromatic carbocycles. The van der Waals surface area contributed by atoms with Crippen LogP contribution in [0.1, 0.15) is 37.8 Å². The first-order chi connectivity index (χ1) is 10.6. The quantitative estimate of drug-likeness (QED) is 0.761. The van der Waals surface area contributed by atoms with Crippen molar-refractivity contribution in [3.05, 3.63) is 71.8 Å². The van der Waals surface area contributed by atoms with Crippen LogP contribution >= 0.6 is 0 Å². The summed E-state index contributed by atoms with van der Waals surface area (Å²) in [6.07, 6.45) is 1.92. The van der Waals surface area contributed by atoms with Crippen LogP contribution in [0.15, 0.2) is 60.7 Å². The van der Waals surface area contributed by atoms with E-state index < -0.39 is 0 Å². The summed E-state index contributed by atoms with van der Waals surface area (Å²) in [5, 5.41) is 0. The Labute approximate surface area is 131 Å². The molecule has 110 valence electrons. The third kappa shape index (κ3) is 1.57. The molecule has 2 unspecified atom stereocenters. The van der Waals surface area contributed by atoms with E-state index in [4.69, 9.17) is 0 Å². The molecule has 2 atom stereocenters. The summed E-state index contributed by atoms with van der Waals surface area (Å²) in [5.74, 6) is 0.401. The molecule has 0 heterocycles. The largest absolute Gasteiger partial charge is 0.298 e. The van der Waals surface area contributed by atoms with Crippen molar-refractivity contribution in [1.29, 1.82) is 0 Å². The van der Waals surface area contributed by atoms with Crippen molar-refractivity contribution in [2.24, 2.45) is 10.8 Å². The summed E-state index contributed by atoms with van der Waals surface area (Å²) < 4.78 is 0. The van der Waals surface area contributed by atoms with Crippen molar-refractivity contribution < 1.29 is 4.79 Å². The normalized spacial score (nSPS) is 30.2. The molecule has 0 amide bonds. The molecule has 2 aromatic rings. The lowest BCUT2D eigenvalue weighted by Crippen LogP contribution is -2.25. The zero-order chi connectivity index (χ0) is 15.4. The van der Waals surface area contributed by atoms with Gasteiger partial charge in [0.25, 0.3) is 0 Å². The van der Waals surface area contributed by atoms with Crippen molar-refractivity contribution in [3.8, 4) is 0 Å². The molecular formula is C21H20O. The molecule has 0 aromatic heterocycles. The second-order valence-corrected chi connectivity index (χ2v) is 6.98. The number of carbonyl (C=O) groups excluding carboxylic acids is 1. The lowest BCUT2D eigenvalue weighted by molar-refractivity contribution is -0.126. The summed E-state index contributed by atoms with van der Waals surface area (Å²) in [5.41, 5.74) is 4.22. The van der Waals surface area contributed by atoms with Gasteiger partial charge < -0.3 is 0 Å². The summed E-state index contributed by atoms with van der Waals surface area (Å²) >= 11 is 0. The molecule has 0 saturated heterocycles. The standard InChI is InChI=1S/C21H20O/c1-20-13-14-21(2,19(20)22)18(16-11-7-4-8-12-16)17(20)15-9-5-3-6-10-15/h3-12H,13-14H2,1-2H3. The van der Waals surface area contributed by atoms with Crippen LogP contribution < -0.4 is 0 Å². The third-order valence-electron chi connectivity index (χ3n) is 5.61. The highest BCUT2D eigenvalue weighted by Gasteiger charge is 2.62. The molecule has 4 rings (SSSR count). The molecular weight excluding hydrogens is 268 g/mol. The van der Waals surface area contributed by atoms with E-state index in [1.54, 1.807) is 0 Å². The van der Waals surface area contributed by atoms with E-state index in [0.29, 0.717) is 5.78 Å². The van der Waals surface area contributed by atoms with Crippen LogP contribution in [0.3, 0.4) is 0 Å². The maximum Gasteiger partial charge on any atom is 0.153 e. The van der Waals surface area contributed by atoms with Gasteiger partial charge in [-0.05, 0) is 49.0 Å². The number of carbonyl (C=O) groups is 1. The van der Waals surface area contributed by atoms with E-state index >= 15 is 0 Å². The fraction of sp³-hybridized carbons (Fsp3) is 0.286. The Morgan fingerprint density at radius 3 is 1.41 bits per heavy atom. The predicted octanol–water partition coefficient (Wildman–Crippen LogP) is 4.99. The molecule has 1 fully saturated rings. The molecule has 1 nitrogen and oxygen atoms in total. The first-order valence-electron chi connectivity index (χ1n) is 7.98. The Morgan fingerprint density at radius 2 is 1.05 bits per heavy atom. The van der Waals surface area contributed by atoms with Gasteiger partial charge in [0.1, 0.15) is 0 Å². The molecule has 0 spiro atoms. The third-order valence-corrected chi connectivity index (χ3v) is 5.61. The average Bonchev–Trinajstić information content (AvgIpc) is 2.89. The number of benzene rings is 2. The molecule has 1 saturated carbocycles. The first kappa shape index (κ1) is 13.5. The lowest BCUT2D eigenvalue weighted by Gasteiger charge is -2.29. The van der Waals surface area contributed by atoms with E-state index in [1.807, 2.05) is 12.1 Å². The smallest absolute Gasteiger partial charge is 0.153 e. The summed E-state index contributed by atoms with van der Waals surface area (Å²) in [6.45, 7) is 4.28. The Bertz CT molecular complexity index is 707. The zero-order valence-electron chi connectivity index (χ0n) is 13.1. The fourth-order valence-electron chi connectivity index (χ4n) is 4.50. The van der Waals surface area contributed by atoms with Gasteiger partial charge in [0.05, 0.1) is 10.8 Å². The van der Waals surface area contributed by atoms with E-state index in [9.17, 15) is 4.79 Å². The first-order valence-corrected chi connectivity index (χ1v) is 7.98. The van der Waals surface area contributed by atoms with Crippen molar-refractivity contribution in [3.63, 3.8) is 0 Å². The summed E-state index contributed by atoms with van der Waals surface area (Å²) in [7, 11) is 0. The van der Waals surface area contributed by atoms with Gasteiger partial charge in [0.15, 0.2) is 5.78 Å². The number of rotatable bonds is 2. The summed E-state index contributed by atoms with van der Waals surface area (Å²) in [4.78, 5) is 13.1. The van der Waals surface area contributed by atoms with Crippen LogP contribution in [-0.4, -0.2) is 5.78 Å². The second-order valence-electron chi connectivity index (χ2n) is 6.98. The van der Waals surface area contributed by atoms with E-state index in [2.05, 4.69) is 62.4 Å². The van der Waals surface area contributed by atoms with Crippen LogP contribution in [-0.2, 0) is 4.79 Å². The minimum absolute atomic E-state index is 0.332. The molecule has 2 bridgehead atoms. The number of Topliss-reactive ketones (excluding diaryl/α,β-unsaturated/α-hetero) is 1. The van der Waals surface area contributed by atoms with E-state index in [1.165, 1.54) is 22.3 Å². The minimum atomic E-state index is -0.332. The van der Waals surface area contributed by atoms with Gasteiger partial charge in [-0.15, -0.1) is 0 Å². The molecule has 2 aliphatic rings. The Kier molecular flexibility index (Phi) is 2.72. The highest BCUT2D eigenvalue weighted by Crippen LogP contribution is 2.66. The molecule has 22 heavy (non-hydrogen) atoms. The highest BCUT2D eigenvalue weighted by atomic mass is 16.1. The SMILES string of the molecule is CC12CCC(C)(C1=O)C(c1ccccc1)=C2c1ccccc1. The minimum Gasteiger partial charge on any atom is -0.298 e. The van der Waals surface area contributed by atoms with Gasteiger partial charge in [-0.25, -0.2) is 0 Å². The Morgan fingerprint density at radius 1 is 0.682 bits per heavy atom. The van der Waals surface area contributed by atoms with Gasteiger partial charge in [-0.3, -0.25) is 4.79 Å². The molecule has 0 aliphatic heterocycles. The van der Waals surface area contributed by atoms with Crippen molar-refractivity contribution in [1.82, 2.24) is 0 Å². The number of hydrogen-bond acceptors (Lipinski definition) is 1. The molecule has 2 aliphatic carbocycles. The topological polar surface area (TPSA) is 17.1 Å². The number of ketones is 1. The average molecular weight is 288 g/mol. The second kappa shape index (κ2) is 4.42. The van der Waals surface area contributed by atoms with Crippen LogP contribution in [0, 0.1) is 10.8 Å². The zero-order valence-corrected chi connectivity index (χ0v) is 13.1. The lowest BCUT2D eigenvalue weighted by atomic mass is 9.73. The van der Waals surface area contributed by atoms with Crippen LogP contribution in [0.25, 0.3) is 11.1 Å². The van der Waals surface area contributed by atoms with Crippen LogP contribution in [0.5, 0.6) is 0 Å². The van der Waals surface area contributed by atoms with Crippen molar-refractivity contribution in [2.75, 3.05) is 0 Å². The van der Waals surface area contributed by atoms with Crippen molar-refractivity contribution in [2.45, 2.75) is 26.7 Å². The van der Waals surface area contributed by atoms with Crippen LogP contribution in [0.4, 0.5) is 0 Å². The van der Waals surface area contributed by atoms with Gasteiger partial charge in [-0.1, -0.05) is 60.7 Å². The monoisotopic (exact) mass is 288 g/mol. The highest BCUT2D eigenvalue weighted by molar-refractivity contribution is 6.22. The van der Waals surface area contributed by atoms with E-state index in [0.717, 1.165) is 12.8 Å².